The van der Waals surface area contributed by atoms with Gasteiger partial charge in [0.25, 0.3) is 0 Å². The van der Waals surface area contributed by atoms with Crippen LogP contribution in [0.25, 0.3) is 0 Å². The summed E-state index contributed by atoms with van der Waals surface area (Å²) in [6.07, 6.45) is 3.60. The number of nitrogens with one attached hydrogen (secondary N) is 1. The van der Waals surface area contributed by atoms with E-state index < -0.39 is 0 Å². The van der Waals surface area contributed by atoms with Gasteiger partial charge in [-0.1, -0.05) is 0 Å². The zero-order valence-electron chi connectivity index (χ0n) is 11.6. The minimum Gasteiger partial charge on any atom is -0.383 e. The zero-order valence-corrected chi connectivity index (χ0v) is 11.6. The highest BCUT2D eigenvalue weighted by Gasteiger charge is 2.09. The molecule has 0 bridgehead atoms. The van der Waals surface area contributed by atoms with Crippen molar-refractivity contribution < 1.29 is 4.74 Å². The number of ether oxygens (including phenoxy) is 1. The Morgan fingerprint density at radius 3 is 2.95 bits per heavy atom. The van der Waals surface area contributed by atoms with Crippen molar-refractivity contribution in [3.05, 3.63) is 29.9 Å². The second-order valence-corrected chi connectivity index (χ2v) is 4.60. The van der Waals surface area contributed by atoms with Gasteiger partial charge in [0.15, 0.2) is 0 Å². The van der Waals surface area contributed by atoms with Crippen LogP contribution in [-0.2, 0) is 24.4 Å². The Kier molecular flexibility index (Phi) is 4.64. The molecule has 104 valence electrons. The molecular formula is C12H20N6O. The second-order valence-electron chi connectivity index (χ2n) is 4.60. The number of methoxy groups -OCH3 is 1. The van der Waals surface area contributed by atoms with Crippen molar-refractivity contribution >= 4 is 0 Å². The van der Waals surface area contributed by atoms with Crippen molar-refractivity contribution in [1.29, 1.82) is 0 Å². The minimum atomic E-state index is 0.661. The number of hydrogen-bond donors (Lipinski definition) is 1. The van der Waals surface area contributed by atoms with E-state index >= 15 is 0 Å². The summed E-state index contributed by atoms with van der Waals surface area (Å²) in [7, 11) is 3.74. The molecule has 0 aliphatic carbocycles. The van der Waals surface area contributed by atoms with Gasteiger partial charge >= 0.3 is 0 Å². The molecule has 0 radical (unpaired) electrons. The fourth-order valence-corrected chi connectivity index (χ4v) is 1.92. The summed E-state index contributed by atoms with van der Waals surface area (Å²) in [4.78, 5) is 9.58. The van der Waals surface area contributed by atoms with Gasteiger partial charge in [-0.15, -0.1) is 10.2 Å². The van der Waals surface area contributed by atoms with E-state index in [2.05, 4.69) is 25.1 Å². The molecule has 0 atom stereocenters. The number of nitrogens with zero attached hydrogens (tertiary/aromatic N) is 5. The Morgan fingerprint density at radius 2 is 2.26 bits per heavy atom. The molecule has 0 fully saturated rings. The number of H-pyrrole nitrogens is 1. The Balaban J connectivity index is 1.91. The van der Waals surface area contributed by atoms with Gasteiger partial charge in [0, 0.05) is 32.1 Å². The van der Waals surface area contributed by atoms with Crippen LogP contribution in [0.15, 0.2) is 12.5 Å². The summed E-state index contributed by atoms with van der Waals surface area (Å²) in [5, 5.41) is 8.10. The van der Waals surface area contributed by atoms with Gasteiger partial charge in [0.1, 0.15) is 18.0 Å². The van der Waals surface area contributed by atoms with E-state index in [1.807, 2.05) is 24.7 Å². The van der Waals surface area contributed by atoms with Crippen LogP contribution >= 0.6 is 0 Å². The average molecular weight is 264 g/mol. The van der Waals surface area contributed by atoms with Crippen molar-refractivity contribution in [2.24, 2.45) is 0 Å². The van der Waals surface area contributed by atoms with Crippen molar-refractivity contribution in [3.63, 3.8) is 0 Å². The second kappa shape index (κ2) is 6.44. The van der Waals surface area contributed by atoms with Crippen LogP contribution in [0.3, 0.4) is 0 Å². The van der Waals surface area contributed by atoms with Crippen LogP contribution in [0.2, 0.25) is 0 Å². The van der Waals surface area contributed by atoms with E-state index in [0.29, 0.717) is 6.61 Å². The molecule has 0 amide bonds. The van der Waals surface area contributed by atoms with Gasteiger partial charge in [0.2, 0.25) is 0 Å². The highest BCUT2D eigenvalue weighted by Crippen LogP contribution is 2.05. The SMILES string of the molecule is COCCn1cnnc1CN(C)Cc1cnc(C)[nH]1. The largest absolute Gasteiger partial charge is 0.383 e. The number of hydrogen-bond acceptors (Lipinski definition) is 5. The molecule has 2 heterocycles. The monoisotopic (exact) mass is 264 g/mol. The predicted molar refractivity (Wildman–Crippen MR) is 70.4 cm³/mol. The molecule has 2 aromatic heterocycles. The third-order valence-electron chi connectivity index (χ3n) is 2.84. The third-order valence-corrected chi connectivity index (χ3v) is 2.84. The van der Waals surface area contributed by atoms with Crippen LogP contribution in [0, 0.1) is 6.92 Å². The molecule has 0 spiro atoms. The lowest BCUT2D eigenvalue weighted by Gasteiger charge is -2.15. The smallest absolute Gasteiger partial charge is 0.147 e. The highest BCUT2D eigenvalue weighted by atomic mass is 16.5. The summed E-state index contributed by atoms with van der Waals surface area (Å²) < 4.78 is 7.08. The lowest BCUT2D eigenvalue weighted by Crippen LogP contribution is -2.21. The molecule has 19 heavy (non-hydrogen) atoms. The average Bonchev–Trinajstić information content (AvgIpc) is 2.96. The summed E-state index contributed by atoms with van der Waals surface area (Å²) in [6, 6.07) is 0. The van der Waals surface area contributed by atoms with Gasteiger partial charge in [-0.2, -0.15) is 0 Å². The van der Waals surface area contributed by atoms with Crippen molar-refractivity contribution in [1.82, 2.24) is 29.6 Å². The molecule has 2 rings (SSSR count). The highest BCUT2D eigenvalue weighted by molar-refractivity contribution is 4.99. The maximum Gasteiger partial charge on any atom is 0.147 e. The maximum absolute atomic E-state index is 5.07. The number of imidazole rings is 1. The van der Waals surface area contributed by atoms with Gasteiger partial charge in [-0.05, 0) is 14.0 Å². The maximum atomic E-state index is 5.07. The molecule has 0 unspecified atom stereocenters. The van der Waals surface area contributed by atoms with Gasteiger partial charge in [0.05, 0.1) is 13.2 Å². The summed E-state index contributed by atoms with van der Waals surface area (Å²) in [5.74, 6) is 1.88. The van der Waals surface area contributed by atoms with Crippen molar-refractivity contribution in [2.45, 2.75) is 26.6 Å². The predicted octanol–water partition coefficient (Wildman–Crippen LogP) is 0.588. The van der Waals surface area contributed by atoms with E-state index in [0.717, 1.165) is 37.0 Å². The quantitative estimate of drug-likeness (QED) is 0.792. The fraction of sp³-hybridized carbons (Fsp3) is 0.583. The summed E-state index contributed by atoms with van der Waals surface area (Å²) in [6.45, 7) is 4.93. The first-order valence-electron chi connectivity index (χ1n) is 6.23. The van der Waals surface area contributed by atoms with Crippen LogP contribution in [0.4, 0.5) is 0 Å². The van der Waals surface area contributed by atoms with E-state index in [1.165, 1.54) is 0 Å². The molecule has 0 aliphatic rings. The van der Waals surface area contributed by atoms with E-state index in [-0.39, 0.29) is 0 Å². The number of aromatic nitrogens is 5. The first kappa shape index (κ1) is 13.7. The molecule has 7 nitrogen and oxygen atoms in total. The first-order chi connectivity index (χ1) is 9.19. The van der Waals surface area contributed by atoms with Crippen LogP contribution < -0.4 is 0 Å². The zero-order chi connectivity index (χ0) is 13.7. The molecule has 0 aromatic carbocycles. The van der Waals surface area contributed by atoms with E-state index in [4.69, 9.17) is 4.74 Å². The topological polar surface area (TPSA) is 71.9 Å². The standard InChI is InChI=1S/C12H20N6O/c1-10-13-6-11(15-10)7-17(2)8-12-16-14-9-18(12)4-5-19-3/h6,9H,4-5,7-8H2,1-3H3,(H,13,15). The van der Waals surface area contributed by atoms with Crippen molar-refractivity contribution in [2.75, 3.05) is 20.8 Å². The minimum absolute atomic E-state index is 0.661. The van der Waals surface area contributed by atoms with Gasteiger partial charge in [-0.25, -0.2) is 4.98 Å². The van der Waals surface area contributed by atoms with Crippen molar-refractivity contribution in [3.8, 4) is 0 Å². The Morgan fingerprint density at radius 1 is 1.42 bits per heavy atom. The third kappa shape index (κ3) is 3.87. The first-order valence-corrected chi connectivity index (χ1v) is 6.23. The summed E-state index contributed by atoms with van der Waals surface area (Å²) in [5.41, 5.74) is 1.10. The lowest BCUT2D eigenvalue weighted by molar-refractivity contribution is 0.184. The molecule has 1 N–H and O–H groups in total. The Labute approximate surface area is 112 Å². The molecule has 7 heteroatoms. The van der Waals surface area contributed by atoms with Crippen LogP contribution in [-0.4, -0.2) is 50.4 Å². The molecule has 0 saturated heterocycles. The molecule has 2 aromatic rings. The number of aromatic amines is 1. The van der Waals surface area contributed by atoms with Gasteiger partial charge < -0.3 is 14.3 Å². The van der Waals surface area contributed by atoms with E-state index in [1.54, 1.807) is 13.4 Å². The van der Waals surface area contributed by atoms with Crippen LogP contribution in [0.1, 0.15) is 17.3 Å². The Hall–Kier alpha value is -1.73. The molecular weight excluding hydrogens is 244 g/mol. The lowest BCUT2D eigenvalue weighted by atomic mass is 10.4. The number of aryl methyl sites for hydroxylation is 1. The van der Waals surface area contributed by atoms with Gasteiger partial charge in [-0.3, -0.25) is 4.90 Å². The Bertz CT molecular complexity index is 506. The normalized spacial score (nSPS) is 11.4. The molecule has 0 aliphatic heterocycles. The fourth-order valence-electron chi connectivity index (χ4n) is 1.92. The molecule has 0 saturated carbocycles. The number of rotatable bonds is 7. The summed E-state index contributed by atoms with van der Waals surface area (Å²) >= 11 is 0. The van der Waals surface area contributed by atoms with E-state index in [9.17, 15) is 0 Å². The van der Waals surface area contributed by atoms with Crippen LogP contribution in [0.5, 0.6) is 0 Å².